The first-order valence-corrected chi connectivity index (χ1v) is 7.25. The molecule has 7 heteroatoms. The van der Waals surface area contributed by atoms with Crippen LogP contribution < -0.4 is 0 Å². The van der Waals surface area contributed by atoms with Crippen LogP contribution in [0, 0.1) is 6.92 Å². The third kappa shape index (κ3) is 3.57. The highest BCUT2D eigenvalue weighted by molar-refractivity contribution is 7.91. The zero-order valence-corrected chi connectivity index (χ0v) is 10.6. The van der Waals surface area contributed by atoms with E-state index in [4.69, 9.17) is 5.11 Å². The van der Waals surface area contributed by atoms with Gasteiger partial charge in [-0.25, -0.2) is 13.4 Å². The van der Waals surface area contributed by atoms with Crippen molar-refractivity contribution in [1.29, 1.82) is 0 Å². The number of carbonyl (C=O) groups is 1. The Balaban J connectivity index is 2.75. The maximum Gasteiger partial charge on any atom is 0.304 e. The Hall–Kier alpha value is -0.950. The van der Waals surface area contributed by atoms with Crippen LogP contribution in [0.1, 0.15) is 24.0 Å². The van der Waals surface area contributed by atoms with E-state index >= 15 is 0 Å². The number of hydrogen-bond acceptors (Lipinski definition) is 5. The Morgan fingerprint density at radius 3 is 2.69 bits per heavy atom. The minimum absolute atomic E-state index is 0.181. The van der Waals surface area contributed by atoms with Gasteiger partial charge in [-0.15, -0.1) is 11.3 Å². The molecular formula is C9H13NO4S2. The van der Waals surface area contributed by atoms with Crippen molar-refractivity contribution >= 4 is 27.1 Å². The number of aromatic nitrogens is 1. The summed E-state index contributed by atoms with van der Waals surface area (Å²) in [7, 11) is -3.43. The van der Waals surface area contributed by atoms with E-state index < -0.39 is 21.1 Å². The van der Waals surface area contributed by atoms with Crippen LogP contribution in [0.2, 0.25) is 0 Å². The molecule has 0 aliphatic carbocycles. The lowest BCUT2D eigenvalue weighted by Crippen LogP contribution is -2.22. The number of carboxylic acid groups (broad SMARTS) is 1. The van der Waals surface area contributed by atoms with E-state index in [1.165, 1.54) is 18.3 Å². The van der Waals surface area contributed by atoms with E-state index in [9.17, 15) is 13.2 Å². The smallest absolute Gasteiger partial charge is 0.304 e. The van der Waals surface area contributed by atoms with Crippen molar-refractivity contribution in [3.05, 3.63) is 16.1 Å². The summed E-state index contributed by atoms with van der Waals surface area (Å²) < 4.78 is 23.5. The van der Waals surface area contributed by atoms with Crippen LogP contribution >= 0.6 is 11.3 Å². The number of hydrogen-bond donors (Lipinski definition) is 1. The molecule has 0 saturated carbocycles. The first-order valence-electron chi connectivity index (χ1n) is 4.65. The lowest BCUT2D eigenvalue weighted by atomic mass is 10.3. The fourth-order valence-electron chi connectivity index (χ4n) is 1.16. The molecule has 1 aromatic rings. The van der Waals surface area contributed by atoms with Crippen molar-refractivity contribution in [3.63, 3.8) is 0 Å². The van der Waals surface area contributed by atoms with Crippen molar-refractivity contribution in [1.82, 2.24) is 4.98 Å². The molecular weight excluding hydrogens is 250 g/mol. The van der Waals surface area contributed by atoms with Gasteiger partial charge in [-0.05, 0) is 13.8 Å². The van der Waals surface area contributed by atoms with Gasteiger partial charge in [0.15, 0.2) is 9.84 Å². The van der Waals surface area contributed by atoms with Crippen LogP contribution in [-0.2, 0) is 20.4 Å². The Bertz CT molecular complexity index is 477. The fraction of sp³-hybridized carbons (Fsp3) is 0.556. The second-order valence-electron chi connectivity index (χ2n) is 3.60. The number of thiazole rings is 1. The Morgan fingerprint density at radius 1 is 1.62 bits per heavy atom. The standard InChI is InChI=1S/C9H13NO4S2/c1-6-4-15-8(10-6)5-16(13,14)7(2)3-9(11)12/h4,7H,3,5H2,1-2H3,(H,11,12). The highest BCUT2D eigenvalue weighted by atomic mass is 32.2. The minimum Gasteiger partial charge on any atom is -0.481 e. The average Bonchev–Trinajstić information content (AvgIpc) is 2.49. The molecule has 0 fully saturated rings. The number of sulfone groups is 1. The van der Waals surface area contributed by atoms with Gasteiger partial charge in [-0.1, -0.05) is 0 Å². The molecule has 90 valence electrons. The van der Waals surface area contributed by atoms with Gasteiger partial charge in [0.1, 0.15) is 10.8 Å². The summed E-state index contributed by atoms with van der Waals surface area (Å²) in [4.78, 5) is 14.5. The molecule has 5 nitrogen and oxygen atoms in total. The number of aryl methyl sites for hydroxylation is 1. The van der Waals surface area contributed by atoms with Crippen LogP contribution in [0.15, 0.2) is 5.38 Å². The molecule has 0 amide bonds. The van der Waals surface area contributed by atoms with Crippen molar-refractivity contribution in [3.8, 4) is 0 Å². The molecule has 1 unspecified atom stereocenters. The van der Waals surface area contributed by atoms with E-state index in [2.05, 4.69) is 4.98 Å². The summed E-state index contributed by atoms with van der Waals surface area (Å²) >= 11 is 1.27. The molecule has 0 saturated heterocycles. The van der Waals surface area contributed by atoms with E-state index in [-0.39, 0.29) is 12.2 Å². The second kappa shape index (κ2) is 4.92. The predicted molar refractivity (Wildman–Crippen MR) is 61.2 cm³/mol. The number of carboxylic acids is 1. The van der Waals surface area contributed by atoms with Gasteiger partial charge in [0.2, 0.25) is 0 Å². The molecule has 0 aromatic carbocycles. The zero-order valence-electron chi connectivity index (χ0n) is 9.00. The largest absolute Gasteiger partial charge is 0.481 e. The van der Waals surface area contributed by atoms with Gasteiger partial charge in [-0.2, -0.15) is 0 Å². The molecule has 0 aliphatic heterocycles. The Kier molecular flexibility index (Phi) is 4.03. The normalized spacial score (nSPS) is 13.6. The van der Waals surface area contributed by atoms with Gasteiger partial charge < -0.3 is 5.11 Å². The minimum atomic E-state index is -3.43. The van der Waals surface area contributed by atoms with Gasteiger partial charge in [0, 0.05) is 11.1 Å². The highest BCUT2D eigenvalue weighted by Crippen LogP contribution is 2.17. The SMILES string of the molecule is Cc1csc(CS(=O)(=O)C(C)CC(=O)O)n1. The van der Waals surface area contributed by atoms with Crippen molar-refractivity contribution in [2.24, 2.45) is 0 Å². The Labute approximate surface area is 98.1 Å². The van der Waals surface area contributed by atoms with Crippen molar-refractivity contribution < 1.29 is 18.3 Å². The lowest BCUT2D eigenvalue weighted by molar-refractivity contribution is -0.136. The summed E-state index contributed by atoms with van der Waals surface area (Å²) in [6.07, 6.45) is -0.368. The molecule has 1 aromatic heterocycles. The molecule has 0 spiro atoms. The molecule has 16 heavy (non-hydrogen) atoms. The molecule has 1 heterocycles. The molecule has 1 N–H and O–H groups in total. The molecule has 1 atom stereocenters. The first-order chi connectivity index (χ1) is 7.31. The number of aliphatic carboxylic acids is 1. The summed E-state index contributed by atoms with van der Waals surface area (Å²) in [5.74, 6) is -1.29. The third-order valence-corrected chi connectivity index (χ3v) is 5.28. The topological polar surface area (TPSA) is 84.3 Å². The average molecular weight is 263 g/mol. The van der Waals surface area contributed by atoms with Crippen LogP contribution in [0.5, 0.6) is 0 Å². The van der Waals surface area contributed by atoms with Crippen LogP contribution in [0.25, 0.3) is 0 Å². The van der Waals surface area contributed by atoms with Crippen LogP contribution in [0.3, 0.4) is 0 Å². The van der Waals surface area contributed by atoms with Gasteiger partial charge >= 0.3 is 5.97 Å². The lowest BCUT2D eigenvalue weighted by Gasteiger charge is -2.08. The summed E-state index contributed by atoms with van der Waals surface area (Å²) in [6.45, 7) is 3.19. The predicted octanol–water partition coefficient (Wildman–Crippen LogP) is 1.23. The Morgan fingerprint density at radius 2 is 2.25 bits per heavy atom. The zero-order chi connectivity index (χ0) is 12.3. The van der Waals surface area contributed by atoms with Crippen LogP contribution in [0.4, 0.5) is 0 Å². The molecule has 0 aliphatic rings. The van der Waals surface area contributed by atoms with E-state index in [1.807, 2.05) is 0 Å². The summed E-state index contributed by atoms with van der Waals surface area (Å²) in [5, 5.41) is 9.94. The molecule has 0 bridgehead atoms. The maximum atomic E-state index is 11.7. The van der Waals surface area contributed by atoms with Crippen molar-refractivity contribution in [2.75, 3.05) is 0 Å². The first kappa shape index (κ1) is 13.1. The maximum absolute atomic E-state index is 11.7. The van der Waals surface area contributed by atoms with Crippen LogP contribution in [-0.4, -0.2) is 29.7 Å². The number of rotatable bonds is 5. The van der Waals surface area contributed by atoms with E-state index in [0.29, 0.717) is 5.01 Å². The summed E-state index contributed by atoms with van der Waals surface area (Å²) in [6, 6.07) is 0. The fourth-order valence-corrected chi connectivity index (χ4v) is 3.57. The van der Waals surface area contributed by atoms with Gasteiger partial charge in [-0.3, -0.25) is 4.79 Å². The third-order valence-electron chi connectivity index (χ3n) is 2.07. The van der Waals surface area contributed by atoms with E-state index in [1.54, 1.807) is 12.3 Å². The summed E-state index contributed by atoms with van der Waals surface area (Å²) in [5.41, 5.74) is 0.779. The molecule has 0 radical (unpaired) electrons. The highest BCUT2D eigenvalue weighted by Gasteiger charge is 2.24. The quantitative estimate of drug-likeness (QED) is 0.863. The number of nitrogens with zero attached hydrogens (tertiary/aromatic N) is 1. The molecule has 1 rings (SSSR count). The monoisotopic (exact) mass is 263 g/mol. The van der Waals surface area contributed by atoms with Gasteiger partial charge in [0.25, 0.3) is 0 Å². The van der Waals surface area contributed by atoms with Gasteiger partial charge in [0.05, 0.1) is 11.7 Å². The second-order valence-corrected chi connectivity index (χ2v) is 6.96. The van der Waals surface area contributed by atoms with Crippen molar-refractivity contribution in [2.45, 2.75) is 31.3 Å². The van der Waals surface area contributed by atoms with E-state index in [0.717, 1.165) is 5.69 Å².